The van der Waals surface area contributed by atoms with Crippen molar-refractivity contribution >= 4 is 46.9 Å². The third-order valence-electron chi connectivity index (χ3n) is 8.45. The first-order chi connectivity index (χ1) is 21.7. The summed E-state index contributed by atoms with van der Waals surface area (Å²) < 4.78 is 5.64. The van der Waals surface area contributed by atoms with Gasteiger partial charge in [-0.15, -0.1) is 0 Å². The maximum Gasteiger partial charge on any atom is 0.251 e. The molecule has 1 aromatic heterocycles. The van der Waals surface area contributed by atoms with Crippen LogP contribution in [0, 0.1) is 18.3 Å². The molecule has 0 saturated carbocycles. The number of anilines is 1. The Bertz CT molecular complexity index is 1740. The van der Waals surface area contributed by atoms with Gasteiger partial charge in [-0.05, 0) is 87.2 Å². The smallest absolute Gasteiger partial charge is 0.251 e. The van der Waals surface area contributed by atoms with Crippen molar-refractivity contribution in [2.24, 2.45) is 4.99 Å². The summed E-state index contributed by atoms with van der Waals surface area (Å²) in [7, 11) is 1.50. The van der Waals surface area contributed by atoms with Crippen LogP contribution in [0.2, 0.25) is 0 Å². The highest BCUT2D eigenvalue weighted by Crippen LogP contribution is 2.33. The van der Waals surface area contributed by atoms with Gasteiger partial charge in [0.05, 0.1) is 6.54 Å². The molecule has 2 aliphatic rings. The maximum atomic E-state index is 14.1. The summed E-state index contributed by atoms with van der Waals surface area (Å²) in [6.07, 6.45) is 3.12. The van der Waals surface area contributed by atoms with Crippen molar-refractivity contribution in [2.45, 2.75) is 44.9 Å². The topological polar surface area (TPSA) is 148 Å². The number of furan rings is 1. The summed E-state index contributed by atoms with van der Waals surface area (Å²) >= 11 is 0. The molecule has 2 fully saturated rings. The lowest BCUT2D eigenvalue weighted by molar-refractivity contribution is -0.139. The Morgan fingerprint density at radius 1 is 1.09 bits per heavy atom. The summed E-state index contributed by atoms with van der Waals surface area (Å²) in [5.41, 5.74) is 2.06. The van der Waals surface area contributed by atoms with E-state index < -0.39 is 5.78 Å². The van der Waals surface area contributed by atoms with Crippen LogP contribution in [0.3, 0.4) is 0 Å². The Morgan fingerprint density at radius 3 is 2.58 bits per heavy atom. The van der Waals surface area contributed by atoms with Gasteiger partial charge < -0.3 is 24.9 Å². The summed E-state index contributed by atoms with van der Waals surface area (Å²) in [4.78, 5) is 59.9. The number of allylic oxidation sites excluding steroid dienone is 1. The zero-order valence-electron chi connectivity index (χ0n) is 25.5. The number of aliphatic imine (C=N–C) groups is 1. The standard InChI is InChI=1S/C34H36N6O5/c1-21-16-24-17-25(8-10-29(24)45-21)38-33(36-2)28(19-35)32(43)27-18-23(34(44)37-3)6-9-26(27)22-7-11-30(41)40(15-12-22)20-31(42)39-13-4-5-14-39/h6,8-10,16-18,22,38H,2,4-5,7,11-15,20H2,1,3H3,(H,37,44)/b33-28+. The summed E-state index contributed by atoms with van der Waals surface area (Å²) in [5.74, 6) is -0.663. The number of Topliss-reactive ketones (excluding diaryl/α,β-unsaturated/α-hetero) is 1. The molecule has 3 amide bonds. The first kappa shape index (κ1) is 31.2. The van der Waals surface area contributed by atoms with Gasteiger partial charge in [-0.2, -0.15) is 5.26 Å². The second-order valence-electron chi connectivity index (χ2n) is 11.4. The van der Waals surface area contributed by atoms with E-state index in [2.05, 4.69) is 22.3 Å². The SMILES string of the molecule is C=N/C(Nc1ccc2oc(C)cc2c1)=C(/C#N)C(=O)c1cc(C(=O)NC)ccc1C1CCC(=O)N(CC(=O)N2CCCC2)CC1. The predicted octanol–water partition coefficient (Wildman–Crippen LogP) is 4.55. The molecule has 0 radical (unpaired) electrons. The molecule has 11 nitrogen and oxygen atoms in total. The van der Waals surface area contributed by atoms with Gasteiger partial charge in [0, 0.05) is 55.3 Å². The molecule has 3 aromatic rings. The molecule has 0 bridgehead atoms. The average molecular weight is 609 g/mol. The number of carbonyl (C=O) groups excluding carboxylic acids is 4. The fraction of sp³-hybridized carbons (Fsp3) is 0.353. The number of fused-ring (bicyclic) bond motifs is 1. The van der Waals surface area contributed by atoms with Crippen LogP contribution in [0.25, 0.3) is 11.0 Å². The molecule has 2 N–H and O–H groups in total. The Balaban J connectivity index is 1.45. The maximum absolute atomic E-state index is 14.1. The van der Waals surface area contributed by atoms with Gasteiger partial charge in [-0.3, -0.25) is 19.2 Å². The molecule has 0 spiro atoms. The van der Waals surface area contributed by atoms with E-state index in [0.29, 0.717) is 36.2 Å². The van der Waals surface area contributed by atoms with E-state index >= 15 is 0 Å². The largest absolute Gasteiger partial charge is 0.461 e. The molecule has 2 aliphatic heterocycles. The quantitative estimate of drug-likeness (QED) is 0.157. The van der Waals surface area contributed by atoms with E-state index in [1.54, 1.807) is 34.1 Å². The Morgan fingerprint density at radius 2 is 1.87 bits per heavy atom. The molecule has 11 heteroatoms. The highest BCUT2D eigenvalue weighted by molar-refractivity contribution is 6.14. The molecule has 1 unspecified atom stereocenters. The van der Waals surface area contributed by atoms with Crippen LogP contribution in [-0.2, 0) is 9.59 Å². The first-order valence-electron chi connectivity index (χ1n) is 15.1. The zero-order valence-corrected chi connectivity index (χ0v) is 25.5. The monoisotopic (exact) mass is 608 g/mol. The number of benzene rings is 2. The third-order valence-corrected chi connectivity index (χ3v) is 8.45. The summed E-state index contributed by atoms with van der Waals surface area (Å²) in [6, 6.07) is 14.0. The molecule has 45 heavy (non-hydrogen) atoms. The van der Waals surface area contributed by atoms with Crippen molar-refractivity contribution in [3.8, 4) is 6.07 Å². The number of hydrogen-bond donors (Lipinski definition) is 2. The molecule has 5 rings (SSSR count). The van der Waals surface area contributed by atoms with Gasteiger partial charge in [0.2, 0.25) is 17.6 Å². The molecule has 2 saturated heterocycles. The van der Waals surface area contributed by atoms with Crippen LogP contribution in [0.15, 0.2) is 63.3 Å². The second kappa shape index (κ2) is 13.6. The van der Waals surface area contributed by atoms with Crippen molar-refractivity contribution in [3.63, 3.8) is 0 Å². The second-order valence-corrected chi connectivity index (χ2v) is 11.4. The van der Waals surface area contributed by atoms with Crippen LogP contribution >= 0.6 is 0 Å². The Hall–Kier alpha value is -5.24. The average Bonchev–Trinajstić information content (AvgIpc) is 3.68. The third kappa shape index (κ3) is 6.80. The van der Waals surface area contributed by atoms with Gasteiger partial charge in [0.25, 0.3) is 5.91 Å². The molecule has 232 valence electrons. The molecular weight excluding hydrogens is 572 g/mol. The van der Waals surface area contributed by atoms with Crippen molar-refractivity contribution in [3.05, 3.63) is 76.3 Å². The molecular formula is C34H36N6O5. The molecule has 1 atom stereocenters. The van der Waals surface area contributed by atoms with Gasteiger partial charge in [0.1, 0.15) is 23.0 Å². The van der Waals surface area contributed by atoms with Crippen LogP contribution < -0.4 is 10.6 Å². The summed E-state index contributed by atoms with van der Waals surface area (Å²) in [5, 5.41) is 16.6. The zero-order chi connectivity index (χ0) is 32.1. The number of rotatable bonds is 9. The first-order valence-corrected chi connectivity index (χ1v) is 15.1. The number of carbonyl (C=O) groups is 4. The number of amides is 3. The van der Waals surface area contributed by atoms with E-state index in [9.17, 15) is 24.4 Å². The Kier molecular flexibility index (Phi) is 9.42. The van der Waals surface area contributed by atoms with E-state index in [1.807, 2.05) is 25.1 Å². The lowest BCUT2D eigenvalue weighted by Gasteiger charge is -2.24. The number of likely N-dealkylation sites (tertiary alicyclic amines) is 2. The minimum atomic E-state index is -0.620. The van der Waals surface area contributed by atoms with Crippen molar-refractivity contribution in [2.75, 3.05) is 38.5 Å². The highest BCUT2D eigenvalue weighted by atomic mass is 16.3. The lowest BCUT2D eigenvalue weighted by Crippen LogP contribution is -2.41. The number of nitrogens with zero attached hydrogens (tertiary/aromatic N) is 4. The van der Waals surface area contributed by atoms with Gasteiger partial charge in [0.15, 0.2) is 5.82 Å². The molecule has 3 heterocycles. The van der Waals surface area contributed by atoms with Crippen molar-refractivity contribution < 1.29 is 23.6 Å². The van der Waals surface area contributed by atoms with E-state index in [4.69, 9.17) is 4.42 Å². The fourth-order valence-corrected chi connectivity index (χ4v) is 6.06. The molecule has 0 aliphatic carbocycles. The van der Waals surface area contributed by atoms with Gasteiger partial charge >= 0.3 is 0 Å². The van der Waals surface area contributed by atoms with Crippen LogP contribution in [-0.4, -0.2) is 73.2 Å². The van der Waals surface area contributed by atoms with E-state index in [1.165, 1.54) is 13.1 Å². The number of nitriles is 1. The predicted molar refractivity (Wildman–Crippen MR) is 170 cm³/mol. The van der Waals surface area contributed by atoms with Crippen molar-refractivity contribution in [1.29, 1.82) is 5.26 Å². The number of ketones is 1. The van der Waals surface area contributed by atoms with Gasteiger partial charge in [-0.1, -0.05) is 6.07 Å². The fourth-order valence-electron chi connectivity index (χ4n) is 6.06. The number of aryl methyl sites for hydroxylation is 1. The minimum Gasteiger partial charge on any atom is -0.461 e. The number of nitrogens with one attached hydrogen (secondary N) is 2. The normalized spacial score (nSPS) is 17.4. The van der Waals surface area contributed by atoms with E-state index in [-0.39, 0.29) is 59.1 Å². The number of hydrogen-bond acceptors (Lipinski definition) is 8. The Labute approximate surface area is 261 Å². The van der Waals surface area contributed by atoms with Crippen LogP contribution in [0.4, 0.5) is 5.69 Å². The van der Waals surface area contributed by atoms with Crippen LogP contribution in [0.1, 0.15) is 70.1 Å². The molecule has 2 aromatic carbocycles. The van der Waals surface area contributed by atoms with E-state index in [0.717, 1.165) is 37.1 Å². The minimum absolute atomic E-state index is 0.0268. The van der Waals surface area contributed by atoms with Crippen molar-refractivity contribution in [1.82, 2.24) is 15.1 Å². The highest BCUT2D eigenvalue weighted by Gasteiger charge is 2.30. The van der Waals surface area contributed by atoms with Gasteiger partial charge in [-0.25, -0.2) is 4.99 Å². The lowest BCUT2D eigenvalue weighted by atomic mass is 9.85. The summed E-state index contributed by atoms with van der Waals surface area (Å²) in [6.45, 7) is 7.26. The van der Waals surface area contributed by atoms with Crippen LogP contribution in [0.5, 0.6) is 0 Å².